The highest BCUT2D eigenvalue weighted by Crippen LogP contribution is 2.46. The van der Waals surface area contributed by atoms with E-state index in [0.29, 0.717) is 6.42 Å². The Balaban J connectivity index is 1.02. The van der Waals surface area contributed by atoms with E-state index in [4.69, 9.17) is 15.0 Å². The third kappa shape index (κ3) is 7.14. The van der Waals surface area contributed by atoms with Gasteiger partial charge in [-0.05, 0) is 113 Å². The number of H-pyrrole nitrogens is 1. The topological polar surface area (TPSA) is 113 Å². The van der Waals surface area contributed by atoms with Crippen LogP contribution in [0.1, 0.15) is 37.5 Å². The molecule has 0 aliphatic rings. The Kier molecular flexibility index (Phi) is 10.0. The standard InChI is InChI=1S/C64H48N6O2/c1-63(2,71)52-22-12-10-19-43(52)49-35-59-60(51-38-66-30-27-58(51)70(59)42-32-55(40-15-6-4-7-16-40)69-56(33-42)41-17-8-5-9-18-41)45-25-24-39(31-47(45)49)36-64(3,72)53-23-13-11-20-44(53)48-34-57-61(62-46(48)21-14-28-67-62)50-37-65-29-26-54(50)68-57/h4-35,37-38,68,71-72H,36H2,1-3H3. The van der Waals surface area contributed by atoms with Crippen LogP contribution in [-0.2, 0) is 17.6 Å². The van der Waals surface area contributed by atoms with Crippen molar-refractivity contribution in [3.05, 3.63) is 224 Å². The molecule has 0 fully saturated rings. The van der Waals surface area contributed by atoms with Crippen molar-refractivity contribution in [1.82, 2.24) is 29.5 Å². The smallest absolute Gasteiger partial charge is 0.0914 e. The Morgan fingerprint density at radius 1 is 0.486 bits per heavy atom. The van der Waals surface area contributed by atoms with Crippen molar-refractivity contribution in [2.75, 3.05) is 0 Å². The van der Waals surface area contributed by atoms with E-state index in [1.165, 1.54) is 0 Å². The monoisotopic (exact) mass is 932 g/mol. The summed E-state index contributed by atoms with van der Waals surface area (Å²) in [6.45, 7) is 5.60. The molecule has 0 aliphatic carbocycles. The lowest BCUT2D eigenvalue weighted by Gasteiger charge is -2.28. The van der Waals surface area contributed by atoms with E-state index in [9.17, 15) is 10.2 Å². The van der Waals surface area contributed by atoms with Crippen molar-refractivity contribution >= 4 is 65.3 Å². The Labute approximate surface area is 415 Å². The molecule has 0 saturated carbocycles. The van der Waals surface area contributed by atoms with Crippen molar-refractivity contribution in [1.29, 1.82) is 0 Å². The zero-order chi connectivity index (χ0) is 48.7. The highest BCUT2D eigenvalue weighted by Gasteiger charge is 2.30. The zero-order valence-electron chi connectivity index (χ0n) is 40.0. The fraction of sp³-hybridized carbons (Fsp3) is 0.0938. The first-order valence-electron chi connectivity index (χ1n) is 24.3. The molecule has 346 valence electrons. The van der Waals surface area contributed by atoms with E-state index in [-0.39, 0.29) is 0 Å². The van der Waals surface area contributed by atoms with E-state index < -0.39 is 11.2 Å². The van der Waals surface area contributed by atoms with Crippen LogP contribution in [0, 0.1) is 0 Å². The minimum atomic E-state index is -1.30. The highest BCUT2D eigenvalue weighted by molar-refractivity contribution is 6.25. The van der Waals surface area contributed by atoms with Gasteiger partial charge < -0.3 is 19.8 Å². The molecule has 72 heavy (non-hydrogen) atoms. The van der Waals surface area contributed by atoms with Gasteiger partial charge in [0.1, 0.15) is 0 Å². The molecule has 6 aromatic heterocycles. The largest absolute Gasteiger partial charge is 0.386 e. The minimum absolute atomic E-state index is 0.325. The molecule has 13 rings (SSSR count). The lowest BCUT2D eigenvalue weighted by molar-refractivity contribution is 0.0582. The molecular formula is C64H48N6O2. The summed E-state index contributed by atoms with van der Waals surface area (Å²) in [5.41, 5.74) is 13.5. The van der Waals surface area contributed by atoms with Crippen molar-refractivity contribution in [2.24, 2.45) is 0 Å². The molecule has 0 radical (unpaired) electrons. The van der Waals surface area contributed by atoms with Crippen LogP contribution in [0.4, 0.5) is 0 Å². The van der Waals surface area contributed by atoms with Gasteiger partial charge in [0, 0.05) is 86.5 Å². The number of benzene rings is 7. The SMILES string of the molecule is CC(C)(O)c1ccccc1-c1cc2c(c3ccc(CC(C)(O)c4ccccc4-c4cc5[nH]c6ccncc6c5c5ncccc45)cc13)c1cnccc1n2-c1cc(-c2ccccc2)nc(-c2ccccc2)c1. The second-order valence-corrected chi connectivity index (χ2v) is 19.6. The van der Waals surface area contributed by atoms with E-state index in [1.54, 1.807) is 6.20 Å². The number of nitrogens with one attached hydrogen (secondary N) is 1. The fourth-order valence-electron chi connectivity index (χ4n) is 11.2. The zero-order valence-corrected chi connectivity index (χ0v) is 40.0. The molecule has 0 aliphatic heterocycles. The van der Waals surface area contributed by atoms with Crippen LogP contribution in [0.15, 0.2) is 207 Å². The normalized spacial score (nSPS) is 13.0. The first kappa shape index (κ1) is 43.2. The molecule has 0 saturated heterocycles. The number of rotatable bonds is 9. The number of nitrogens with zero attached hydrogens (tertiary/aromatic N) is 5. The number of aromatic amines is 1. The number of pyridine rings is 4. The average molecular weight is 933 g/mol. The lowest BCUT2D eigenvalue weighted by Crippen LogP contribution is -2.25. The van der Waals surface area contributed by atoms with Gasteiger partial charge in [-0.2, -0.15) is 0 Å². The molecule has 0 bridgehead atoms. The number of hydrogen-bond donors (Lipinski definition) is 3. The Morgan fingerprint density at radius 2 is 1.12 bits per heavy atom. The maximum atomic E-state index is 13.0. The van der Waals surface area contributed by atoms with E-state index in [1.807, 2.05) is 130 Å². The molecule has 8 nitrogen and oxygen atoms in total. The molecule has 0 amide bonds. The third-order valence-corrected chi connectivity index (χ3v) is 14.4. The molecular weight excluding hydrogens is 885 g/mol. The highest BCUT2D eigenvalue weighted by atomic mass is 16.3. The molecule has 0 spiro atoms. The predicted molar refractivity (Wildman–Crippen MR) is 293 cm³/mol. The van der Waals surface area contributed by atoms with Gasteiger partial charge in [0.25, 0.3) is 0 Å². The molecule has 6 heterocycles. The summed E-state index contributed by atoms with van der Waals surface area (Å²) < 4.78 is 2.33. The number of aliphatic hydroxyl groups is 2. The maximum Gasteiger partial charge on any atom is 0.0914 e. The van der Waals surface area contributed by atoms with Crippen LogP contribution in [0.2, 0.25) is 0 Å². The number of fused-ring (bicyclic) bond motifs is 10. The molecule has 8 heteroatoms. The van der Waals surface area contributed by atoms with Gasteiger partial charge in [-0.1, -0.05) is 133 Å². The van der Waals surface area contributed by atoms with Crippen LogP contribution < -0.4 is 0 Å². The van der Waals surface area contributed by atoms with Gasteiger partial charge >= 0.3 is 0 Å². The van der Waals surface area contributed by atoms with Crippen molar-refractivity contribution in [2.45, 2.75) is 38.4 Å². The minimum Gasteiger partial charge on any atom is -0.386 e. The maximum absolute atomic E-state index is 13.0. The van der Waals surface area contributed by atoms with Gasteiger partial charge in [0.2, 0.25) is 0 Å². The Bertz CT molecular complexity index is 4210. The molecule has 3 N–H and O–H groups in total. The molecule has 1 atom stereocenters. The van der Waals surface area contributed by atoms with Crippen LogP contribution in [0.25, 0.3) is 116 Å². The summed E-state index contributed by atoms with van der Waals surface area (Å²) in [5.74, 6) is 0. The van der Waals surface area contributed by atoms with Gasteiger partial charge in [0.05, 0.1) is 44.8 Å². The lowest BCUT2D eigenvalue weighted by atomic mass is 9.82. The van der Waals surface area contributed by atoms with Crippen molar-refractivity contribution in [3.8, 4) is 50.5 Å². The second kappa shape index (κ2) is 16.7. The van der Waals surface area contributed by atoms with Gasteiger partial charge in [0.15, 0.2) is 0 Å². The average Bonchev–Trinajstić information content (AvgIpc) is 3.96. The van der Waals surface area contributed by atoms with Crippen molar-refractivity contribution < 1.29 is 10.2 Å². The van der Waals surface area contributed by atoms with E-state index in [0.717, 1.165) is 132 Å². The van der Waals surface area contributed by atoms with Crippen LogP contribution >= 0.6 is 0 Å². The van der Waals surface area contributed by atoms with Gasteiger partial charge in [-0.25, -0.2) is 4.98 Å². The summed E-state index contributed by atoms with van der Waals surface area (Å²) in [4.78, 5) is 22.9. The summed E-state index contributed by atoms with van der Waals surface area (Å²) in [6.07, 6.45) is 9.67. The number of hydrogen-bond acceptors (Lipinski definition) is 6. The third-order valence-electron chi connectivity index (χ3n) is 14.4. The van der Waals surface area contributed by atoms with Gasteiger partial charge in [-0.15, -0.1) is 0 Å². The fourth-order valence-corrected chi connectivity index (χ4v) is 11.2. The first-order valence-corrected chi connectivity index (χ1v) is 24.3. The molecule has 7 aromatic carbocycles. The quantitative estimate of drug-likeness (QED) is 0.133. The van der Waals surface area contributed by atoms with E-state index in [2.05, 4.69) is 106 Å². The van der Waals surface area contributed by atoms with E-state index >= 15 is 0 Å². The summed E-state index contributed by atoms with van der Waals surface area (Å²) in [5, 5.41) is 31.9. The van der Waals surface area contributed by atoms with Crippen molar-refractivity contribution in [3.63, 3.8) is 0 Å². The number of aromatic nitrogens is 6. The molecule has 13 aromatic rings. The van der Waals surface area contributed by atoms with Crippen LogP contribution in [0.3, 0.4) is 0 Å². The molecule has 1 unspecified atom stereocenters. The van der Waals surface area contributed by atoms with Crippen LogP contribution in [-0.4, -0.2) is 39.7 Å². The second-order valence-electron chi connectivity index (χ2n) is 19.6. The Hall–Kier alpha value is -8.82. The summed E-state index contributed by atoms with van der Waals surface area (Å²) in [7, 11) is 0. The van der Waals surface area contributed by atoms with Crippen LogP contribution in [0.5, 0.6) is 0 Å². The first-order chi connectivity index (χ1) is 35.1. The summed E-state index contributed by atoms with van der Waals surface area (Å²) in [6, 6.07) is 60.5. The predicted octanol–water partition coefficient (Wildman–Crippen LogP) is 14.7. The summed E-state index contributed by atoms with van der Waals surface area (Å²) >= 11 is 0. The Morgan fingerprint density at radius 3 is 1.85 bits per heavy atom. The van der Waals surface area contributed by atoms with Gasteiger partial charge in [-0.3, -0.25) is 15.0 Å².